The van der Waals surface area contributed by atoms with Crippen LogP contribution in [0.2, 0.25) is 0 Å². The lowest BCUT2D eigenvalue weighted by Gasteiger charge is -2.22. The van der Waals surface area contributed by atoms with Gasteiger partial charge in [0.25, 0.3) is 0 Å². The molecule has 0 radical (unpaired) electrons. The van der Waals surface area contributed by atoms with Gasteiger partial charge in [-0.2, -0.15) is 0 Å². The van der Waals surface area contributed by atoms with E-state index in [0.29, 0.717) is 10.2 Å². The van der Waals surface area contributed by atoms with Crippen molar-refractivity contribution in [2.45, 2.75) is 38.2 Å². The monoisotopic (exact) mass is 401 g/mol. The van der Waals surface area contributed by atoms with Gasteiger partial charge in [0.1, 0.15) is 12.8 Å². The first-order chi connectivity index (χ1) is 10.2. The van der Waals surface area contributed by atoms with Crippen molar-refractivity contribution in [3.63, 3.8) is 0 Å². The largest absolute Gasteiger partial charge is 0.345 e. The lowest BCUT2D eigenvalue weighted by atomic mass is 10.1. The molecule has 21 heavy (non-hydrogen) atoms. The highest BCUT2D eigenvalue weighted by molar-refractivity contribution is 14.1. The zero-order valence-corrected chi connectivity index (χ0v) is 14.4. The Kier molecular flexibility index (Phi) is 6.51. The minimum atomic E-state index is -0.0847. The Hall–Kier alpha value is -1.07. The third kappa shape index (κ3) is 5.00. The Bertz CT molecular complexity index is 533. The number of nitrogens with zero attached hydrogens (tertiary/aromatic N) is 3. The van der Waals surface area contributed by atoms with Gasteiger partial charge in [0.2, 0.25) is 5.91 Å². The molecule has 5 nitrogen and oxygen atoms in total. The number of hydrogen-bond acceptors (Lipinski definition) is 3. The van der Waals surface area contributed by atoms with Gasteiger partial charge in [0, 0.05) is 19.7 Å². The molecule has 2 rings (SSSR count). The average Bonchev–Trinajstić information content (AvgIpc) is 2.87. The fraction of sp³-hybridized carbons (Fsp3) is 0.600. The Morgan fingerprint density at radius 2 is 2.43 bits per heavy atom. The number of aryl methyl sites for hydroxylation is 1. The fourth-order valence-electron chi connectivity index (χ4n) is 2.14. The van der Waals surface area contributed by atoms with E-state index >= 15 is 0 Å². The van der Waals surface area contributed by atoms with Gasteiger partial charge in [-0.1, -0.05) is 34.9 Å². The van der Waals surface area contributed by atoms with E-state index in [1.807, 2.05) is 17.8 Å². The smallest absolute Gasteiger partial charge is 0.239 e. The lowest BCUT2D eigenvalue weighted by Crippen LogP contribution is -2.36. The number of rotatable bonds is 5. The molecule has 6 heteroatoms. The number of halogens is 1. The normalized spacial score (nSPS) is 18.3. The molecule has 0 saturated heterocycles. The first kappa shape index (κ1) is 16.3. The molecule has 1 heterocycles. The first-order valence-electron chi connectivity index (χ1n) is 7.15. The molecule has 1 aromatic heterocycles. The summed E-state index contributed by atoms with van der Waals surface area (Å²) < 4.78 is 8.06. The van der Waals surface area contributed by atoms with Gasteiger partial charge in [0.05, 0.1) is 10.8 Å². The Labute approximate surface area is 139 Å². The van der Waals surface area contributed by atoms with E-state index in [4.69, 9.17) is 4.74 Å². The molecule has 1 unspecified atom stereocenters. The number of carbonyl (C=O) groups excluding carboxylic acids is 1. The van der Waals surface area contributed by atoms with E-state index in [-0.39, 0.29) is 18.7 Å². The summed E-state index contributed by atoms with van der Waals surface area (Å²) in [6.45, 7) is 0.207. The molecule has 0 spiro atoms. The molecular formula is C15H20IN3O2. The summed E-state index contributed by atoms with van der Waals surface area (Å²) in [6, 6.07) is 0. The zero-order valence-electron chi connectivity index (χ0n) is 12.2. The molecular weight excluding hydrogens is 381 g/mol. The van der Waals surface area contributed by atoms with E-state index < -0.39 is 0 Å². The van der Waals surface area contributed by atoms with Crippen LogP contribution in [0.1, 0.15) is 32.1 Å². The highest BCUT2D eigenvalue weighted by atomic mass is 127. The number of hydrogen-bond donors (Lipinski definition) is 0. The lowest BCUT2D eigenvalue weighted by molar-refractivity contribution is -0.117. The number of imidazole rings is 1. The summed E-state index contributed by atoms with van der Waals surface area (Å²) in [5, 5.41) is 0. The van der Waals surface area contributed by atoms with Crippen LogP contribution in [0.5, 0.6) is 0 Å². The van der Waals surface area contributed by atoms with Crippen LogP contribution < -0.4 is 4.90 Å². The van der Waals surface area contributed by atoms with Crippen molar-refractivity contribution >= 4 is 34.3 Å². The molecule has 1 atom stereocenters. The van der Waals surface area contributed by atoms with E-state index in [9.17, 15) is 4.79 Å². The number of amides is 1. The van der Waals surface area contributed by atoms with Crippen molar-refractivity contribution in [2.75, 3.05) is 16.1 Å². The second kappa shape index (κ2) is 8.39. The van der Waals surface area contributed by atoms with Crippen molar-refractivity contribution in [2.24, 2.45) is 7.05 Å². The van der Waals surface area contributed by atoms with Crippen molar-refractivity contribution < 1.29 is 9.53 Å². The summed E-state index contributed by atoms with van der Waals surface area (Å²) in [5.74, 6) is 6.92. The maximum Gasteiger partial charge on any atom is 0.239 e. The predicted octanol–water partition coefficient (Wildman–Crippen LogP) is 2.50. The van der Waals surface area contributed by atoms with Crippen molar-refractivity contribution in [3.05, 3.63) is 12.5 Å². The molecule has 1 amide bonds. The molecule has 1 aromatic rings. The summed E-state index contributed by atoms with van der Waals surface area (Å²) in [4.78, 5) is 17.9. The predicted molar refractivity (Wildman–Crippen MR) is 90.2 cm³/mol. The quantitative estimate of drug-likeness (QED) is 0.330. The van der Waals surface area contributed by atoms with Gasteiger partial charge in [0.15, 0.2) is 5.82 Å². The molecule has 0 aliphatic heterocycles. The van der Waals surface area contributed by atoms with Crippen LogP contribution in [0.25, 0.3) is 0 Å². The van der Waals surface area contributed by atoms with E-state index in [1.54, 1.807) is 11.2 Å². The van der Waals surface area contributed by atoms with E-state index in [2.05, 4.69) is 39.4 Å². The summed E-state index contributed by atoms with van der Waals surface area (Å²) >= 11 is 2.06. The standard InChI is InChI=1S/C15H20IN3O2/c1-18-10-14(17-11-18)19(15(20)9-16)12-21-13-7-5-3-2-4-6-8-13/h10-11,13H,2-5,7,9,12H2,1H3. The number of carbonyl (C=O) groups is 1. The highest BCUT2D eigenvalue weighted by Crippen LogP contribution is 2.15. The van der Waals surface area contributed by atoms with Crippen molar-refractivity contribution in [1.82, 2.24) is 9.55 Å². The minimum absolute atomic E-state index is 0.00639. The van der Waals surface area contributed by atoms with Crippen LogP contribution in [0.15, 0.2) is 12.5 Å². The summed E-state index contributed by atoms with van der Waals surface area (Å²) in [5.41, 5.74) is 0. The minimum Gasteiger partial charge on any atom is -0.345 e. The SMILES string of the molecule is Cn1cnc(N(COC2C#CCCCCC2)C(=O)CI)c1. The van der Waals surface area contributed by atoms with Crippen LogP contribution in [-0.2, 0) is 16.6 Å². The second-order valence-electron chi connectivity index (χ2n) is 5.06. The van der Waals surface area contributed by atoms with Crippen molar-refractivity contribution in [3.8, 4) is 11.8 Å². The molecule has 0 bridgehead atoms. The first-order valence-corrected chi connectivity index (χ1v) is 8.67. The number of ether oxygens (including phenoxy) is 1. The molecule has 1 aliphatic rings. The van der Waals surface area contributed by atoms with Gasteiger partial charge in [-0.3, -0.25) is 9.69 Å². The van der Waals surface area contributed by atoms with Crippen LogP contribution in [0.3, 0.4) is 0 Å². The molecule has 0 N–H and O–H groups in total. The topological polar surface area (TPSA) is 47.4 Å². The zero-order chi connectivity index (χ0) is 15.1. The maximum atomic E-state index is 12.1. The maximum absolute atomic E-state index is 12.1. The average molecular weight is 401 g/mol. The van der Waals surface area contributed by atoms with Crippen LogP contribution in [0.4, 0.5) is 5.82 Å². The Morgan fingerprint density at radius 3 is 3.14 bits per heavy atom. The fourth-order valence-corrected chi connectivity index (χ4v) is 2.56. The van der Waals surface area contributed by atoms with Crippen molar-refractivity contribution in [1.29, 1.82) is 0 Å². The van der Waals surface area contributed by atoms with Gasteiger partial charge in [-0.15, -0.1) is 5.92 Å². The van der Waals surface area contributed by atoms with Gasteiger partial charge in [-0.25, -0.2) is 4.98 Å². The third-order valence-electron chi connectivity index (χ3n) is 3.32. The Morgan fingerprint density at radius 1 is 1.57 bits per heavy atom. The second-order valence-corrected chi connectivity index (χ2v) is 5.82. The third-order valence-corrected chi connectivity index (χ3v) is 3.97. The van der Waals surface area contributed by atoms with Gasteiger partial charge >= 0.3 is 0 Å². The van der Waals surface area contributed by atoms with Crippen LogP contribution in [0, 0.1) is 11.8 Å². The van der Waals surface area contributed by atoms with Crippen LogP contribution >= 0.6 is 22.6 Å². The number of aromatic nitrogens is 2. The molecule has 0 aromatic carbocycles. The van der Waals surface area contributed by atoms with E-state index in [0.717, 1.165) is 19.3 Å². The molecule has 1 aliphatic carbocycles. The van der Waals surface area contributed by atoms with Gasteiger partial charge < -0.3 is 9.30 Å². The molecule has 0 saturated carbocycles. The number of alkyl halides is 1. The summed E-state index contributed by atoms with van der Waals surface area (Å²) in [7, 11) is 1.88. The van der Waals surface area contributed by atoms with Gasteiger partial charge in [-0.05, 0) is 19.3 Å². The number of anilines is 1. The Balaban J connectivity index is 2.00. The molecule has 0 fully saturated rings. The molecule has 114 valence electrons. The summed E-state index contributed by atoms with van der Waals surface area (Å²) in [6.07, 6.45) is 8.79. The van der Waals surface area contributed by atoms with Crippen LogP contribution in [-0.4, -0.2) is 32.7 Å². The highest BCUT2D eigenvalue weighted by Gasteiger charge is 2.19. The van der Waals surface area contributed by atoms with E-state index in [1.165, 1.54) is 12.8 Å².